The predicted octanol–water partition coefficient (Wildman–Crippen LogP) is 6.16. The molecule has 1 amide bonds. The molecule has 0 saturated heterocycles. The number of alkyl halides is 4. The lowest BCUT2D eigenvalue weighted by molar-refractivity contribution is 0.0378. The number of furan rings is 1. The Morgan fingerprint density at radius 2 is 1.91 bits per heavy atom. The summed E-state index contributed by atoms with van der Waals surface area (Å²) in [6.45, 7) is 3.12. The van der Waals surface area contributed by atoms with Gasteiger partial charge in [0.25, 0.3) is 18.8 Å². The molecule has 0 radical (unpaired) electrons. The van der Waals surface area contributed by atoms with Crippen molar-refractivity contribution < 1.29 is 36.3 Å². The first-order chi connectivity index (χ1) is 16.6. The number of aryl methyl sites for hydroxylation is 1. The Hall–Kier alpha value is -3.15. The molecule has 0 aromatic carbocycles. The van der Waals surface area contributed by atoms with E-state index in [1.165, 1.54) is 23.5 Å². The van der Waals surface area contributed by atoms with Crippen LogP contribution in [0, 0.1) is 0 Å². The lowest BCUT2D eigenvalue weighted by Gasteiger charge is -2.14. The molecule has 1 aliphatic rings. The molecular weight excluding hydrogens is 490 g/mol. The molecule has 0 aliphatic heterocycles. The highest BCUT2D eigenvalue weighted by atomic mass is 32.1. The Bertz CT molecular complexity index is 1230. The summed E-state index contributed by atoms with van der Waals surface area (Å²) >= 11 is 1.32. The minimum Gasteiger partial charge on any atom is -0.459 e. The molecule has 3 heterocycles. The van der Waals surface area contributed by atoms with Crippen molar-refractivity contribution >= 4 is 28.2 Å². The van der Waals surface area contributed by atoms with Crippen molar-refractivity contribution in [3.05, 3.63) is 57.1 Å². The molecule has 0 bridgehead atoms. The van der Waals surface area contributed by atoms with E-state index in [2.05, 4.69) is 10.4 Å². The van der Waals surface area contributed by atoms with Crippen molar-refractivity contribution in [1.29, 1.82) is 0 Å². The van der Waals surface area contributed by atoms with Crippen LogP contribution < -0.4 is 5.32 Å². The van der Waals surface area contributed by atoms with E-state index >= 15 is 0 Å². The van der Waals surface area contributed by atoms with Crippen LogP contribution in [0.5, 0.6) is 0 Å². The van der Waals surface area contributed by atoms with Crippen LogP contribution in [0.3, 0.4) is 0 Å². The summed E-state index contributed by atoms with van der Waals surface area (Å²) in [7, 11) is 0. The molecule has 35 heavy (non-hydrogen) atoms. The van der Waals surface area contributed by atoms with Crippen LogP contribution in [0.25, 0.3) is 0 Å². The molecule has 0 unspecified atom stereocenters. The molecule has 3 aromatic heterocycles. The van der Waals surface area contributed by atoms with Gasteiger partial charge in [0.15, 0.2) is 5.76 Å². The SMILES string of the molecule is CC(C)OC(=O)c1c(NC(=O)c2ccc(Cn3nc(C(F)F)cc3C(F)F)o2)sc2c1CCCC2. The zero-order valence-electron chi connectivity index (χ0n) is 18.9. The Labute approximate surface area is 202 Å². The van der Waals surface area contributed by atoms with Crippen molar-refractivity contribution in [3.63, 3.8) is 0 Å². The number of carbonyl (C=O) groups excluding carboxylic acids is 2. The standard InChI is InChI=1S/C23H23F4N3O4S/c1-11(2)33-23(32)18-13-5-3-4-6-17(13)35-22(18)28-21(31)16-8-7-12(34-16)10-30-15(20(26)27)9-14(29-30)19(24)25/h7-9,11,19-20H,3-6,10H2,1-2H3,(H,28,31). The first-order valence-corrected chi connectivity index (χ1v) is 11.8. The summed E-state index contributed by atoms with van der Waals surface area (Å²) in [5, 5.41) is 6.58. The van der Waals surface area contributed by atoms with Gasteiger partial charge in [0.2, 0.25) is 0 Å². The largest absolute Gasteiger partial charge is 0.459 e. The fraction of sp³-hybridized carbons (Fsp3) is 0.435. The number of hydrogen-bond donors (Lipinski definition) is 1. The van der Waals surface area contributed by atoms with E-state index in [0.29, 0.717) is 23.1 Å². The molecule has 0 fully saturated rings. The van der Waals surface area contributed by atoms with E-state index in [-0.39, 0.29) is 24.2 Å². The van der Waals surface area contributed by atoms with Gasteiger partial charge in [-0.05, 0) is 63.3 Å². The predicted molar refractivity (Wildman–Crippen MR) is 119 cm³/mol. The minimum absolute atomic E-state index is 0.0749. The van der Waals surface area contributed by atoms with Gasteiger partial charge in [-0.3, -0.25) is 9.48 Å². The van der Waals surface area contributed by atoms with Crippen molar-refractivity contribution in [2.24, 2.45) is 0 Å². The number of thiophene rings is 1. The van der Waals surface area contributed by atoms with E-state index in [4.69, 9.17) is 9.15 Å². The van der Waals surface area contributed by atoms with Gasteiger partial charge in [-0.1, -0.05) is 0 Å². The summed E-state index contributed by atoms with van der Waals surface area (Å²) in [5.74, 6) is -1.21. The first-order valence-electron chi connectivity index (χ1n) is 11.0. The van der Waals surface area contributed by atoms with Crippen LogP contribution >= 0.6 is 11.3 Å². The normalized spacial score (nSPS) is 13.5. The average Bonchev–Trinajstić information content (AvgIpc) is 3.50. The van der Waals surface area contributed by atoms with Crippen LogP contribution in [-0.4, -0.2) is 27.8 Å². The summed E-state index contributed by atoms with van der Waals surface area (Å²) in [5.41, 5.74) is -0.223. The maximum atomic E-state index is 13.2. The third-order valence-corrected chi connectivity index (χ3v) is 6.62. The third-order valence-electron chi connectivity index (χ3n) is 5.41. The number of rotatable bonds is 8. The molecule has 3 aromatic rings. The zero-order valence-corrected chi connectivity index (χ0v) is 19.8. The number of nitrogens with zero attached hydrogens (tertiary/aromatic N) is 2. The van der Waals surface area contributed by atoms with Crippen molar-refractivity contribution in [3.8, 4) is 0 Å². The summed E-state index contributed by atoms with van der Waals surface area (Å²) in [6, 6.07) is 3.35. The van der Waals surface area contributed by atoms with Gasteiger partial charge in [0, 0.05) is 4.88 Å². The van der Waals surface area contributed by atoms with Gasteiger partial charge in [0.1, 0.15) is 22.1 Å². The number of fused-ring (bicyclic) bond motifs is 1. The maximum Gasteiger partial charge on any atom is 0.341 e. The number of nitrogens with one attached hydrogen (secondary N) is 1. The van der Waals surface area contributed by atoms with Crippen molar-refractivity contribution in [1.82, 2.24) is 9.78 Å². The van der Waals surface area contributed by atoms with E-state index in [0.717, 1.165) is 34.4 Å². The number of anilines is 1. The Kier molecular flexibility index (Phi) is 7.29. The van der Waals surface area contributed by atoms with Gasteiger partial charge in [0.05, 0.1) is 18.2 Å². The molecule has 0 saturated carbocycles. The Balaban J connectivity index is 1.54. The minimum atomic E-state index is -3.01. The quantitative estimate of drug-likeness (QED) is 0.288. The van der Waals surface area contributed by atoms with Crippen molar-refractivity contribution in [2.45, 2.75) is 65.0 Å². The van der Waals surface area contributed by atoms with Gasteiger partial charge < -0.3 is 14.5 Å². The van der Waals surface area contributed by atoms with Crippen LogP contribution in [0.2, 0.25) is 0 Å². The molecular formula is C23H23F4N3O4S. The second-order valence-corrected chi connectivity index (χ2v) is 9.45. The van der Waals surface area contributed by atoms with E-state index in [1.807, 2.05) is 0 Å². The number of amides is 1. The highest BCUT2D eigenvalue weighted by Gasteiger charge is 2.29. The highest BCUT2D eigenvalue weighted by Crippen LogP contribution is 2.39. The lowest BCUT2D eigenvalue weighted by atomic mass is 9.95. The smallest absolute Gasteiger partial charge is 0.341 e. The Morgan fingerprint density at radius 3 is 2.60 bits per heavy atom. The molecule has 4 rings (SSSR count). The Morgan fingerprint density at radius 1 is 1.17 bits per heavy atom. The van der Waals surface area contributed by atoms with Gasteiger partial charge in [-0.2, -0.15) is 5.10 Å². The number of ether oxygens (including phenoxy) is 1. The third kappa shape index (κ3) is 5.42. The first kappa shape index (κ1) is 25.0. The molecule has 188 valence electrons. The fourth-order valence-electron chi connectivity index (χ4n) is 3.90. The lowest BCUT2D eigenvalue weighted by Crippen LogP contribution is -2.17. The van der Waals surface area contributed by atoms with Crippen LogP contribution in [0.4, 0.5) is 22.6 Å². The van der Waals surface area contributed by atoms with E-state index in [9.17, 15) is 27.2 Å². The molecule has 12 heteroatoms. The number of hydrogen-bond acceptors (Lipinski definition) is 6. The van der Waals surface area contributed by atoms with E-state index in [1.54, 1.807) is 13.8 Å². The summed E-state index contributed by atoms with van der Waals surface area (Å²) < 4.78 is 63.8. The second-order valence-electron chi connectivity index (χ2n) is 8.34. The average molecular weight is 514 g/mol. The number of carbonyl (C=O) groups is 2. The van der Waals surface area contributed by atoms with Crippen molar-refractivity contribution in [2.75, 3.05) is 5.32 Å². The zero-order chi connectivity index (χ0) is 25.3. The van der Waals surface area contributed by atoms with Crippen LogP contribution in [0.1, 0.15) is 88.0 Å². The molecule has 1 N–H and O–H groups in total. The molecule has 0 atom stereocenters. The molecule has 7 nitrogen and oxygen atoms in total. The van der Waals surface area contributed by atoms with Gasteiger partial charge in [-0.15, -0.1) is 11.3 Å². The summed E-state index contributed by atoms with van der Waals surface area (Å²) in [6.07, 6.45) is -2.90. The van der Waals surface area contributed by atoms with Gasteiger partial charge >= 0.3 is 5.97 Å². The maximum absolute atomic E-state index is 13.2. The highest BCUT2D eigenvalue weighted by molar-refractivity contribution is 7.17. The fourth-order valence-corrected chi connectivity index (χ4v) is 5.17. The van der Waals surface area contributed by atoms with E-state index < -0.39 is 36.1 Å². The number of esters is 1. The molecule has 1 aliphatic carbocycles. The van der Waals surface area contributed by atoms with Crippen LogP contribution in [-0.2, 0) is 24.1 Å². The number of aromatic nitrogens is 2. The topological polar surface area (TPSA) is 86.4 Å². The van der Waals surface area contributed by atoms with Crippen LogP contribution in [0.15, 0.2) is 22.6 Å². The molecule has 0 spiro atoms. The van der Waals surface area contributed by atoms with Gasteiger partial charge in [-0.25, -0.2) is 22.4 Å². The summed E-state index contributed by atoms with van der Waals surface area (Å²) in [4.78, 5) is 26.6. The number of halogens is 4. The monoisotopic (exact) mass is 513 g/mol. The second kappa shape index (κ2) is 10.2.